The third kappa shape index (κ3) is 3.08. The Hall–Kier alpha value is -2.73. The molecule has 1 saturated heterocycles. The molecule has 1 atom stereocenters. The van der Waals surface area contributed by atoms with Crippen molar-refractivity contribution >= 4 is 23.2 Å². The van der Waals surface area contributed by atoms with Crippen molar-refractivity contribution < 1.29 is 13.7 Å². The number of aromatic nitrogens is 2. The lowest BCUT2D eigenvalue weighted by Crippen LogP contribution is -2.25. The maximum Gasteiger partial charge on any atom is 0.232 e. The van der Waals surface area contributed by atoms with Gasteiger partial charge in [-0.1, -0.05) is 16.8 Å². The second-order valence-electron chi connectivity index (χ2n) is 6.30. The Morgan fingerprint density at radius 1 is 1.23 bits per heavy atom. The van der Waals surface area contributed by atoms with E-state index in [0.717, 1.165) is 5.56 Å². The van der Waals surface area contributed by atoms with Gasteiger partial charge >= 0.3 is 0 Å². The molecule has 1 unspecified atom stereocenters. The van der Waals surface area contributed by atoms with Crippen molar-refractivity contribution in [2.75, 3.05) is 11.4 Å². The molecule has 2 aromatic carbocycles. The molecule has 0 spiro atoms. The minimum absolute atomic E-state index is 0.0454. The Kier molecular flexibility index (Phi) is 4.20. The van der Waals surface area contributed by atoms with Crippen LogP contribution >= 0.6 is 11.6 Å². The highest BCUT2D eigenvalue weighted by Gasteiger charge is 2.35. The SMILES string of the molecule is Cc1cc(F)ccc1N1CC(c2nc(-c3ccc(Cl)cc3)no2)CC1=O. The van der Waals surface area contributed by atoms with Crippen molar-refractivity contribution in [1.82, 2.24) is 10.1 Å². The second-order valence-corrected chi connectivity index (χ2v) is 6.74. The first-order chi connectivity index (χ1) is 12.5. The molecule has 1 aliphatic heterocycles. The number of nitrogens with zero attached hydrogens (tertiary/aromatic N) is 3. The van der Waals surface area contributed by atoms with Crippen molar-refractivity contribution in [3.63, 3.8) is 0 Å². The number of benzene rings is 2. The van der Waals surface area contributed by atoms with E-state index in [-0.39, 0.29) is 24.1 Å². The zero-order valence-corrected chi connectivity index (χ0v) is 14.7. The minimum atomic E-state index is -0.320. The fourth-order valence-corrected chi connectivity index (χ4v) is 3.27. The van der Waals surface area contributed by atoms with Gasteiger partial charge in [0.1, 0.15) is 5.82 Å². The summed E-state index contributed by atoms with van der Waals surface area (Å²) in [6.07, 6.45) is 0.277. The van der Waals surface area contributed by atoms with E-state index in [2.05, 4.69) is 10.1 Å². The van der Waals surface area contributed by atoms with Crippen molar-refractivity contribution in [1.29, 1.82) is 0 Å². The molecule has 0 radical (unpaired) electrons. The van der Waals surface area contributed by atoms with Gasteiger partial charge in [-0.3, -0.25) is 4.79 Å². The average Bonchev–Trinajstić information content (AvgIpc) is 3.23. The molecule has 1 aromatic heterocycles. The van der Waals surface area contributed by atoms with Gasteiger partial charge in [0.15, 0.2) is 0 Å². The maximum atomic E-state index is 13.3. The first kappa shape index (κ1) is 16.7. The largest absolute Gasteiger partial charge is 0.339 e. The Balaban J connectivity index is 1.56. The molecule has 0 saturated carbocycles. The molecular formula is C19H15ClFN3O2. The van der Waals surface area contributed by atoms with Gasteiger partial charge in [-0.05, 0) is 55.0 Å². The van der Waals surface area contributed by atoms with E-state index in [1.807, 2.05) is 12.1 Å². The van der Waals surface area contributed by atoms with Gasteiger partial charge in [0.25, 0.3) is 0 Å². The van der Waals surface area contributed by atoms with Crippen LogP contribution in [0.15, 0.2) is 47.0 Å². The third-order valence-corrected chi connectivity index (χ3v) is 4.72. The second kappa shape index (κ2) is 6.53. The Morgan fingerprint density at radius 3 is 2.73 bits per heavy atom. The van der Waals surface area contributed by atoms with Crippen LogP contribution in [-0.2, 0) is 4.79 Å². The third-order valence-electron chi connectivity index (χ3n) is 4.47. The molecule has 0 N–H and O–H groups in total. The average molecular weight is 372 g/mol. The lowest BCUT2D eigenvalue weighted by molar-refractivity contribution is -0.117. The standard InChI is InChI=1S/C19H15ClFN3O2/c1-11-8-15(21)6-7-16(11)24-10-13(9-17(24)25)19-22-18(23-26-19)12-2-4-14(20)5-3-12/h2-8,13H,9-10H2,1H3. The van der Waals surface area contributed by atoms with Crippen LogP contribution in [0.1, 0.15) is 23.8 Å². The maximum absolute atomic E-state index is 13.3. The highest BCUT2D eigenvalue weighted by Crippen LogP contribution is 2.33. The van der Waals surface area contributed by atoms with E-state index >= 15 is 0 Å². The number of hydrogen-bond donors (Lipinski definition) is 0. The topological polar surface area (TPSA) is 59.2 Å². The van der Waals surface area contributed by atoms with Gasteiger partial charge in [-0.25, -0.2) is 4.39 Å². The summed E-state index contributed by atoms with van der Waals surface area (Å²) in [7, 11) is 0. The Morgan fingerprint density at radius 2 is 2.00 bits per heavy atom. The van der Waals surface area contributed by atoms with Gasteiger partial charge in [-0.2, -0.15) is 4.98 Å². The number of anilines is 1. The molecule has 0 bridgehead atoms. The molecule has 132 valence electrons. The monoisotopic (exact) mass is 371 g/mol. The van der Waals surface area contributed by atoms with Gasteiger partial charge in [-0.15, -0.1) is 0 Å². The van der Waals surface area contributed by atoms with Crippen molar-refractivity contribution in [3.05, 3.63) is 64.8 Å². The summed E-state index contributed by atoms with van der Waals surface area (Å²) in [6.45, 7) is 2.21. The van der Waals surface area contributed by atoms with Crippen molar-refractivity contribution in [2.24, 2.45) is 0 Å². The van der Waals surface area contributed by atoms with Gasteiger partial charge in [0.2, 0.25) is 17.6 Å². The van der Waals surface area contributed by atoms with Crippen LogP contribution in [0.25, 0.3) is 11.4 Å². The fraction of sp³-hybridized carbons (Fsp3) is 0.211. The van der Waals surface area contributed by atoms with Crippen molar-refractivity contribution in [3.8, 4) is 11.4 Å². The van der Waals surface area contributed by atoms with Crippen LogP contribution in [0.2, 0.25) is 5.02 Å². The predicted molar refractivity (Wildman–Crippen MR) is 95.6 cm³/mol. The van der Waals surface area contributed by atoms with E-state index in [1.54, 1.807) is 30.0 Å². The number of rotatable bonds is 3. The molecule has 5 nitrogen and oxygen atoms in total. The van der Waals surface area contributed by atoms with Gasteiger partial charge in [0.05, 0.1) is 5.92 Å². The Labute approximate surface area is 154 Å². The molecule has 2 heterocycles. The first-order valence-corrected chi connectivity index (χ1v) is 8.55. The van der Waals surface area contributed by atoms with Gasteiger partial charge < -0.3 is 9.42 Å². The van der Waals surface area contributed by atoms with Crippen LogP contribution in [0.5, 0.6) is 0 Å². The molecular weight excluding hydrogens is 357 g/mol. The summed E-state index contributed by atoms with van der Waals surface area (Å²) in [5, 5.41) is 4.63. The minimum Gasteiger partial charge on any atom is -0.339 e. The number of amides is 1. The zero-order chi connectivity index (χ0) is 18.3. The highest BCUT2D eigenvalue weighted by atomic mass is 35.5. The van der Waals surface area contributed by atoms with Crippen LogP contribution < -0.4 is 4.90 Å². The van der Waals surface area contributed by atoms with Crippen LogP contribution in [0, 0.1) is 12.7 Å². The summed E-state index contributed by atoms with van der Waals surface area (Å²) in [5.41, 5.74) is 2.21. The summed E-state index contributed by atoms with van der Waals surface area (Å²) >= 11 is 5.89. The predicted octanol–water partition coefficient (Wildman–Crippen LogP) is 4.36. The lowest BCUT2D eigenvalue weighted by Gasteiger charge is -2.18. The molecule has 1 aliphatic rings. The smallest absolute Gasteiger partial charge is 0.232 e. The van der Waals surface area contributed by atoms with Gasteiger partial charge in [0, 0.05) is 29.2 Å². The molecule has 1 amide bonds. The fourth-order valence-electron chi connectivity index (χ4n) is 3.14. The quantitative estimate of drug-likeness (QED) is 0.686. The Bertz CT molecular complexity index is 971. The molecule has 1 fully saturated rings. The summed E-state index contributed by atoms with van der Waals surface area (Å²) in [4.78, 5) is 18.5. The molecule has 26 heavy (non-hydrogen) atoms. The lowest BCUT2D eigenvalue weighted by atomic mass is 10.1. The van der Waals surface area contributed by atoms with Crippen LogP contribution in [0.4, 0.5) is 10.1 Å². The first-order valence-electron chi connectivity index (χ1n) is 8.17. The number of hydrogen-bond acceptors (Lipinski definition) is 4. The number of carbonyl (C=O) groups excluding carboxylic acids is 1. The van der Waals surface area contributed by atoms with E-state index in [9.17, 15) is 9.18 Å². The van der Waals surface area contributed by atoms with E-state index in [4.69, 9.17) is 16.1 Å². The zero-order valence-electron chi connectivity index (χ0n) is 13.9. The summed E-state index contributed by atoms with van der Waals surface area (Å²) < 4.78 is 18.7. The molecule has 7 heteroatoms. The summed E-state index contributed by atoms with van der Waals surface area (Å²) in [5.74, 6) is 0.321. The highest BCUT2D eigenvalue weighted by molar-refractivity contribution is 6.30. The van der Waals surface area contributed by atoms with Crippen molar-refractivity contribution in [2.45, 2.75) is 19.3 Å². The normalized spacial score (nSPS) is 17.1. The number of halogens is 2. The van der Waals surface area contributed by atoms with Crippen LogP contribution in [0.3, 0.4) is 0 Å². The molecule has 4 rings (SSSR count). The number of aryl methyl sites for hydroxylation is 1. The molecule has 3 aromatic rings. The van der Waals surface area contributed by atoms with E-state index < -0.39 is 0 Å². The van der Waals surface area contributed by atoms with E-state index in [0.29, 0.717) is 34.5 Å². The summed E-state index contributed by atoms with van der Waals surface area (Å²) in [6, 6.07) is 11.5. The van der Waals surface area contributed by atoms with E-state index in [1.165, 1.54) is 12.1 Å². The van der Waals surface area contributed by atoms with Crippen LogP contribution in [-0.4, -0.2) is 22.6 Å². The molecule has 0 aliphatic carbocycles. The number of carbonyl (C=O) groups is 1.